The van der Waals surface area contributed by atoms with Crippen molar-refractivity contribution >= 4 is 27.6 Å². The molecule has 0 saturated carbocycles. The molecule has 0 spiro atoms. The van der Waals surface area contributed by atoms with E-state index < -0.39 is 0 Å². The van der Waals surface area contributed by atoms with Crippen LogP contribution in [0, 0.1) is 6.92 Å². The second kappa shape index (κ2) is 7.98. The minimum atomic E-state index is -0.226. The van der Waals surface area contributed by atoms with Crippen molar-refractivity contribution in [1.29, 1.82) is 0 Å². The van der Waals surface area contributed by atoms with Gasteiger partial charge in [0.15, 0.2) is 0 Å². The third-order valence-corrected chi connectivity index (χ3v) is 4.66. The molecule has 0 fully saturated rings. The zero-order valence-corrected chi connectivity index (χ0v) is 15.5. The van der Waals surface area contributed by atoms with Crippen molar-refractivity contribution in [3.63, 3.8) is 0 Å². The summed E-state index contributed by atoms with van der Waals surface area (Å²) in [6, 6.07) is 15.5. The summed E-state index contributed by atoms with van der Waals surface area (Å²) >= 11 is 3.46. The average Bonchev–Trinajstić information content (AvgIpc) is 3.11. The number of nitrogens with one attached hydrogen (secondary N) is 2. The SMILES string of the molecule is Cc1ccc(NC(=O)NCc2ccc(Cn3cccn3)cc2)cc1Br. The maximum absolute atomic E-state index is 12.0. The summed E-state index contributed by atoms with van der Waals surface area (Å²) in [6.45, 7) is 3.22. The molecule has 0 bridgehead atoms. The number of hydrogen-bond donors (Lipinski definition) is 2. The van der Waals surface area contributed by atoms with Gasteiger partial charge in [-0.1, -0.05) is 46.3 Å². The Labute approximate surface area is 155 Å². The van der Waals surface area contributed by atoms with Crippen LogP contribution in [0.15, 0.2) is 65.4 Å². The van der Waals surface area contributed by atoms with E-state index in [9.17, 15) is 4.79 Å². The second-order valence-electron chi connectivity index (χ2n) is 5.79. The number of urea groups is 1. The lowest BCUT2D eigenvalue weighted by molar-refractivity contribution is 0.251. The van der Waals surface area contributed by atoms with Gasteiger partial charge in [0.25, 0.3) is 0 Å². The molecule has 0 aliphatic rings. The smallest absolute Gasteiger partial charge is 0.319 e. The molecule has 25 heavy (non-hydrogen) atoms. The molecule has 0 aliphatic carbocycles. The maximum atomic E-state index is 12.0. The van der Waals surface area contributed by atoms with Crippen LogP contribution >= 0.6 is 15.9 Å². The van der Waals surface area contributed by atoms with Crippen molar-refractivity contribution in [2.24, 2.45) is 0 Å². The van der Waals surface area contributed by atoms with Crippen LogP contribution in [0.3, 0.4) is 0 Å². The molecule has 3 rings (SSSR count). The number of nitrogens with zero attached hydrogens (tertiary/aromatic N) is 2. The van der Waals surface area contributed by atoms with Gasteiger partial charge in [-0.15, -0.1) is 0 Å². The number of aromatic nitrogens is 2. The Balaban J connectivity index is 1.50. The van der Waals surface area contributed by atoms with E-state index in [1.165, 1.54) is 5.56 Å². The zero-order chi connectivity index (χ0) is 17.6. The van der Waals surface area contributed by atoms with Crippen LogP contribution < -0.4 is 10.6 Å². The Morgan fingerprint density at radius 2 is 1.92 bits per heavy atom. The maximum Gasteiger partial charge on any atom is 0.319 e. The Hall–Kier alpha value is -2.60. The first-order chi connectivity index (χ1) is 12.1. The third kappa shape index (κ3) is 4.93. The Morgan fingerprint density at radius 3 is 2.60 bits per heavy atom. The summed E-state index contributed by atoms with van der Waals surface area (Å²) in [5.74, 6) is 0. The molecule has 0 unspecified atom stereocenters. The van der Waals surface area contributed by atoms with E-state index in [0.717, 1.165) is 27.8 Å². The predicted molar refractivity (Wildman–Crippen MR) is 103 cm³/mol. The van der Waals surface area contributed by atoms with Crippen LogP contribution in [0.5, 0.6) is 0 Å². The standard InChI is InChI=1S/C19H19BrN4O/c1-14-3-8-17(11-18(14)20)23-19(25)21-12-15-4-6-16(7-5-15)13-24-10-2-9-22-24/h2-11H,12-13H2,1H3,(H2,21,23,25). The van der Waals surface area contributed by atoms with Crippen molar-refractivity contribution in [3.8, 4) is 0 Å². The topological polar surface area (TPSA) is 59.0 Å². The van der Waals surface area contributed by atoms with E-state index >= 15 is 0 Å². The summed E-state index contributed by atoms with van der Waals surface area (Å²) < 4.78 is 2.85. The van der Waals surface area contributed by atoms with Crippen molar-refractivity contribution in [1.82, 2.24) is 15.1 Å². The molecular weight excluding hydrogens is 380 g/mol. The Bertz CT molecular complexity index is 844. The fraction of sp³-hybridized carbons (Fsp3) is 0.158. The fourth-order valence-corrected chi connectivity index (χ4v) is 2.75. The lowest BCUT2D eigenvalue weighted by Crippen LogP contribution is -2.28. The minimum absolute atomic E-state index is 0.226. The predicted octanol–water partition coefficient (Wildman–Crippen LogP) is 4.32. The van der Waals surface area contributed by atoms with Crippen LogP contribution in [0.4, 0.5) is 10.5 Å². The number of hydrogen-bond acceptors (Lipinski definition) is 2. The van der Waals surface area contributed by atoms with Crippen LogP contribution in [-0.4, -0.2) is 15.8 Å². The first-order valence-electron chi connectivity index (χ1n) is 7.96. The normalized spacial score (nSPS) is 10.5. The highest BCUT2D eigenvalue weighted by molar-refractivity contribution is 9.10. The van der Waals surface area contributed by atoms with E-state index in [1.807, 2.05) is 66.3 Å². The van der Waals surface area contributed by atoms with Gasteiger partial charge in [0.05, 0.1) is 6.54 Å². The van der Waals surface area contributed by atoms with Crippen LogP contribution in [0.25, 0.3) is 0 Å². The minimum Gasteiger partial charge on any atom is -0.334 e. The van der Waals surface area contributed by atoms with Crippen molar-refractivity contribution < 1.29 is 4.79 Å². The van der Waals surface area contributed by atoms with E-state index in [1.54, 1.807) is 6.20 Å². The van der Waals surface area contributed by atoms with E-state index in [4.69, 9.17) is 0 Å². The molecule has 1 aromatic heterocycles. The summed E-state index contributed by atoms with van der Waals surface area (Å²) in [6.07, 6.45) is 3.70. The number of anilines is 1. The van der Waals surface area contributed by atoms with E-state index in [2.05, 4.69) is 31.7 Å². The van der Waals surface area contributed by atoms with Crippen molar-refractivity contribution in [2.45, 2.75) is 20.0 Å². The van der Waals surface area contributed by atoms with Gasteiger partial charge in [0.1, 0.15) is 0 Å². The lowest BCUT2D eigenvalue weighted by atomic mass is 10.1. The quantitative estimate of drug-likeness (QED) is 0.671. The molecule has 6 heteroatoms. The van der Waals surface area contributed by atoms with Gasteiger partial charge in [-0.05, 0) is 41.8 Å². The van der Waals surface area contributed by atoms with Crippen molar-refractivity contribution in [2.75, 3.05) is 5.32 Å². The molecule has 0 radical (unpaired) electrons. The van der Waals surface area contributed by atoms with Gasteiger partial charge in [-0.2, -0.15) is 5.10 Å². The molecule has 0 saturated heterocycles. The molecule has 2 N–H and O–H groups in total. The molecule has 2 amide bonds. The van der Waals surface area contributed by atoms with E-state index in [0.29, 0.717) is 6.54 Å². The van der Waals surface area contributed by atoms with Crippen molar-refractivity contribution in [3.05, 3.63) is 82.1 Å². The molecule has 1 heterocycles. The number of halogens is 1. The number of amides is 2. The van der Waals surface area contributed by atoms with Gasteiger partial charge >= 0.3 is 6.03 Å². The molecule has 0 aliphatic heterocycles. The largest absolute Gasteiger partial charge is 0.334 e. The number of aryl methyl sites for hydroxylation is 1. The molecule has 3 aromatic rings. The molecule has 5 nitrogen and oxygen atoms in total. The molecular formula is C19H19BrN4O. The van der Waals surface area contributed by atoms with Gasteiger partial charge in [-0.25, -0.2) is 4.79 Å². The lowest BCUT2D eigenvalue weighted by Gasteiger charge is -2.09. The number of benzene rings is 2. The average molecular weight is 399 g/mol. The monoisotopic (exact) mass is 398 g/mol. The summed E-state index contributed by atoms with van der Waals surface area (Å²) in [5.41, 5.74) is 4.09. The Kier molecular flexibility index (Phi) is 5.50. The molecule has 2 aromatic carbocycles. The first kappa shape index (κ1) is 17.2. The summed E-state index contributed by atoms with van der Waals surface area (Å²) in [7, 11) is 0. The third-order valence-electron chi connectivity index (χ3n) is 3.81. The fourth-order valence-electron chi connectivity index (χ4n) is 2.37. The molecule has 0 atom stereocenters. The molecule has 128 valence electrons. The summed E-state index contributed by atoms with van der Waals surface area (Å²) in [5, 5.41) is 9.89. The van der Waals surface area contributed by atoms with Gasteiger partial charge < -0.3 is 10.6 Å². The van der Waals surface area contributed by atoms with Crippen LogP contribution in [0.2, 0.25) is 0 Å². The van der Waals surface area contributed by atoms with E-state index in [-0.39, 0.29) is 6.03 Å². The Morgan fingerprint density at radius 1 is 1.16 bits per heavy atom. The zero-order valence-electron chi connectivity index (χ0n) is 13.9. The van der Waals surface area contributed by atoms with Crippen LogP contribution in [-0.2, 0) is 13.1 Å². The number of rotatable bonds is 5. The highest BCUT2D eigenvalue weighted by atomic mass is 79.9. The number of carbonyl (C=O) groups is 1. The highest BCUT2D eigenvalue weighted by Crippen LogP contribution is 2.20. The van der Waals surface area contributed by atoms with Gasteiger partial charge in [0, 0.05) is 29.1 Å². The number of carbonyl (C=O) groups excluding carboxylic acids is 1. The van der Waals surface area contributed by atoms with Gasteiger partial charge in [-0.3, -0.25) is 4.68 Å². The highest BCUT2D eigenvalue weighted by Gasteiger charge is 2.04. The summed E-state index contributed by atoms with van der Waals surface area (Å²) in [4.78, 5) is 12.0. The second-order valence-corrected chi connectivity index (χ2v) is 6.65. The van der Waals surface area contributed by atoms with Gasteiger partial charge in [0.2, 0.25) is 0 Å². The van der Waals surface area contributed by atoms with Crippen LogP contribution in [0.1, 0.15) is 16.7 Å². The first-order valence-corrected chi connectivity index (χ1v) is 8.76.